The summed E-state index contributed by atoms with van der Waals surface area (Å²) in [5.41, 5.74) is 1.46. The molecule has 0 aliphatic rings. The summed E-state index contributed by atoms with van der Waals surface area (Å²) >= 11 is 3.22. The monoisotopic (exact) mass is 398 g/mol. The molecule has 0 spiro atoms. The van der Waals surface area contributed by atoms with Crippen molar-refractivity contribution in [3.05, 3.63) is 87.3 Å². The first-order valence-corrected chi connectivity index (χ1v) is 8.35. The first-order chi connectivity index (χ1) is 12.1. The van der Waals surface area contributed by atoms with Gasteiger partial charge in [0.05, 0.1) is 18.4 Å². The number of para-hydroxylation sites is 1. The molecule has 0 unspecified atom stereocenters. The lowest BCUT2D eigenvalue weighted by Crippen LogP contribution is -2.21. The minimum atomic E-state index is -0.374. The third-order valence-electron chi connectivity index (χ3n) is 3.91. The quantitative estimate of drug-likeness (QED) is 0.530. The third kappa shape index (κ3) is 2.87. The predicted octanol–water partition coefficient (Wildman–Crippen LogP) is 3.53. The van der Waals surface area contributed by atoms with Crippen LogP contribution in [0.25, 0.3) is 16.7 Å². The molecule has 0 radical (unpaired) electrons. The van der Waals surface area contributed by atoms with Crippen LogP contribution in [0.2, 0.25) is 0 Å². The lowest BCUT2D eigenvalue weighted by molar-refractivity contribution is 0.594. The summed E-state index contributed by atoms with van der Waals surface area (Å²) in [5.74, 6) is -0.374. The molecule has 5 nitrogen and oxygen atoms in total. The van der Waals surface area contributed by atoms with E-state index in [9.17, 15) is 9.18 Å². The van der Waals surface area contributed by atoms with E-state index in [1.165, 1.54) is 23.2 Å². The van der Waals surface area contributed by atoms with Crippen molar-refractivity contribution in [1.29, 1.82) is 0 Å². The van der Waals surface area contributed by atoms with Crippen LogP contribution in [0, 0.1) is 5.82 Å². The predicted molar refractivity (Wildman–Crippen MR) is 96.3 cm³/mol. The van der Waals surface area contributed by atoms with Crippen molar-refractivity contribution in [3.63, 3.8) is 0 Å². The summed E-state index contributed by atoms with van der Waals surface area (Å²) < 4.78 is 17.7. The van der Waals surface area contributed by atoms with Gasteiger partial charge in [0.15, 0.2) is 5.65 Å². The fourth-order valence-corrected chi connectivity index (χ4v) is 2.99. The molecule has 0 amide bonds. The van der Waals surface area contributed by atoms with Crippen molar-refractivity contribution in [1.82, 2.24) is 19.3 Å². The number of nitrogens with zero attached hydrogens (tertiary/aromatic N) is 4. The standard InChI is InChI=1S/C18H12BrFN4O/c19-13-7-6-12(16(20)8-13)10-23-11-21-17-15(18(23)25)9-22-24(17)14-4-2-1-3-5-14/h1-9,11H,10H2. The Morgan fingerprint density at radius 2 is 1.92 bits per heavy atom. The topological polar surface area (TPSA) is 52.7 Å². The molecule has 0 aliphatic heterocycles. The second-order valence-corrected chi connectivity index (χ2v) is 6.46. The fraction of sp³-hybridized carbons (Fsp3) is 0.0556. The van der Waals surface area contributed by atoms with Crippen LogP contribution in [0.1, 0.15) is 5.56 Å². The van der Waals surface area contributed by atoms with Gasteiger partial charge < -0.3 is 0 Å². The molecular weight excluding hydrogens is 387 g/mol. The molecule has 0 saturated carbocycles. The summed E-state index contributed by atoms with van der Waals surface area (Å²) in [6.45, 7) is 0.109. The molecule has 0 bridgehead atoms. The van der Waals surface area contributed by atoms with E-state index in [4.69, 9.17) is 0 Å². The zero-order valence-electron chi connectivity index (χ0n) is 12.9. The lowest BCUT2D eigenvalue weighted by Gasteiger charge is -2.07. The van der Waals surface area contributed by atoms with Gasteiger partial charge in [-0.05, 0) is 24.3 Å². The van der Waals surface area contributed by atoms with Gasteiger partial charge >= 0.3 is 0 Å². The summed E-state index contributed by atoms with van der Waals surface area (Å²) in [6.07, 6.45) is 2.92. The zero-order valence-corrected chi connectivity index (χ0v) is 14.5. The van der Waals surface area contributed by atoms with Crippen LogP contribution < -0.4 is 5.56 Å². The fourth-order valence-electron chi connectivity index (χ4n) is 2.65. The van der Waals surface area contributed by atoms with Gasteiger partial charge in [0.2, 0.25) is 0 Å². The van der Waals surface area contributed by atoms with Gasteiger partial charge in [-0.1, -0.05) is 40.2 Å². The van der Waals surface area contributed by atoms with E-state index in [0.717, 1.165) is 5.69 Å². The Kier molecular flexibility index (Phi) is 3.93. The normalized spacial score (nSPS) is 11.1. The van der Waals surface area contributed by atoms with Crippen LogP contribution >= 0.6 is 15.9 Å². The van der Waals surface area contributed by atoms with Gasteiger partial charge in [0.25, 0.3) is 5.56 Å². The van der Waals surface area contributed by atoms with Gasteiger partial charge in [-0.15, -0.1) is 0 Å². The third-order valence-corrected chi connectivity index (χ3v) is 4.40. The number of rotatable bonds is 3. The minimum Gasteiger partial charge on any atom is -0.294 e. The van der Waals surface area contributed by atoms with Crippen LogP contribution in [0.4, 0.5) is 4.39 Å². The van der Waals surface area contributed by atoms with E-state index < -0.39 is 0 Å². The highest BCUT2D eigenvalue weighted by Gasteiger charge is 2.12. The number of aromatic nitrogens is 4. The van der Waals surface area contributed by atoms with Crippen LogP contribution in [0.5, 0.6) is 0 Å². The van der Waals surface area contributed by atoms with Gasteiger partial charge in [0, 0.05) is 10.0 Å². The van der Waals surface area contributed by atoms with Crippen molar-refractivity contribution in [2.75, 3.05) is 0 Å². The van der Waals surface area contributed by atoms with Crippen molar-refractivity contribution >= 4 is 27.0 Å². The molecular formula is C18H12BrFN4O. The van der Waals surface area contributed by atoms with E-state index in [1.54, 1.807) is 16.8 Å². The van der Waals surface area contributed by atoms with Gasteiger partial charge in [-0.3, -0.25) is 9.36 Å². The van der Waals surface area contributed by atoms with Crippen LogP contribution in [-0.2, 0) is 6.54 Å². The molecule has 0 saturated heterocycles. The Bertz CT molecular complexity index is 1120. The summed E-state index contributed by atoms with van der Waals surface area (Å²) in [7, 11) is 0. The van der Waals surface area contributed by atoms with Crippen molar-refractivity contribution in [2.24, 2.45) is 0 Å². The Hall–Kier alpha value is -2.80. The van der Waals surface area contributed by atoms with Gasteiger partial charge in [-0.25, -0.2) is 14.1 Å². The second kappa shape index (κ2) is 6.25. The molecule has 2 aromatic heterocycles. The van der Waals surface area contributed by atoms with Crippen LogP contribution in [0.15, 0.2) is 70.3 Å². The number of halogens is 2. The highest BCUT2D eigenvalue weighted by Crippen LogP contribution is 2.17. The average molecular weight is 399 g/mol. The number of hydrogen-bond acceptors (Lipinski definition) is 3. The first-order valence-electron chi connectivity index (χ1n) is 7.56. The smallest absolute Gasteiger partial charge is 0.264 e. The van der Waals surface area contributed by atoms with E-state index >= 15 is 0 Å². The van der Waals surface area contributed by atoms with Gasteiger partial charge in [-0.2, -0.15) is 5.10 Å². The Balaban J connectivity index is 1.78. The molecule has 0 fully saturated rings. The molecule has 4 aromatic rings. The van der Waals surface area contributed by atoms with E-state index in [-0.39, 0.29) is 17.9 Å². The zero-order chi connectivity index (χ0) is 17.4. The first kappa shape index (κ1) is 15.7. The maximum Gasteiger partial charge on any atom is 0.264 e. The van der Waals surface area contributed by atoms with Crippen LogP contribution in [0.3, 0.4) is 0 Å². The second-order valence-electron chi connectivity index (χ2n) is 5.54. The maximum atomic E-state index is 14.0. The molecule has 4 rings (SSSR count). The summed E-state index contributed by atoms with van der Waals surface area (Å²) in [5, 5.41) is 4.66. The van der Waals surface area contributed by atoms with Crippen molar-refractivity contribution < 1.29 is 4.39 Å². The molecule has 2 heterocycles. The van der Waals surface area contributed by atoms with Crippen molar-refractivity contribution in [3.8, 4) is 5.69 Å². The van der Waals surface area contributed by atoms with E-state index in [2.05, 4.69) is 26.0 Å². The number of fused-ring (bicyclic) bond motifs is 1. The molecule has 25 heavy (non-hydrogen) atoms. The maximum absolute atomic E-state index is 14.0. The number of hydrogen-bond donors (Lipinski definition) is 0. The average Bonchev–Trinajstić information content (AvgIpc) is 3.05. The van der Waals surface area contributed by atoms with Crippen LogP contribution in [-0.4, -0.2) is 19.3 Å². The highest BCUT2D eigenvalue weighted by molar-refractivity contribution is 9.10. The number of benzene rings is 2. The molecule has 0 aliphatic carbocycles. The van der Waals surface area contributed by atoms with Crippen molar-refractivity contribution in [2.45, 2.75) is 6.54 Å². The molecule has 124 valence electrons. The molecule has 2 aromatic carbocycles. The van der Waals surface area contributed by atoms with E-state index in [0.29, 0.717) is 21.1 Å². The SMILES string of the molecule is O=c1c2cnn(-c3ccccc3)c2ncn1Cc1ccc(Br)cc1F. The van der Waals surface area contributed by atoms with Gasteiger partial charge in [0.1, 0.15) is 17.5 Å². The largest absolute Gasteiger partial charge is 0.294 e. The molecule has 0 atom stereocenters. The highest BCUT2D eigenvalue weighted by atomic mass is 79.9. The minimum absolute atomic E-state index is 0.109. The Morgan fingerprint density at radius 1 is 1.12 bits per heavy atom. The Labute approximate surface area is 150 Å². The summed E-state index contributed by atoms with van der Waals surface area (Å²) in [6, 6.07) is 14.2. The lowest BCUT2D eigenvalue weighted by atomic mass is 10.2. The summed E-state index contributed by atoms with van der Waals surface area (Å²) in [4.78, 5) is 17.0. The Morgan fingerprint density at radius 3 is 2.68 bits per heavy atom. The van der Waals surface area contributed by atoms with E-state index in [1.807, 2.05) is 30.3 Å². The molecule has 0 N–H and O–H groups in total. The molecule has 7 heteroatoms.